The second-order valence-corrected chi connectivity index (χ2v) is 6.62. The van der Waals surface area contributed by atoms with Crippen molar-refractivity contribution in [2.45, 2.75) is 32.5 Å². The van der Waals surface area contributed by atoms with Crippen LogP contribution >= 0.6 is 0 Å². The van der Waals surface area contributed by atoms with Crippen molar-refractivity contribution >= 4 is 11.8 Å². The molecule has 1 amide bonds. The number of nitrogens with zero attached hydrogens (tertiary/aromatic N) is 2. The maximum atomic E-state index is 14.0. The molecule has 0 unspecified atom stereocenters. The van der Waals surface area contributed by atoms with Gasteiger partial charge in [0.25, 0.3) is 0 Å². The molecule has 1 aromatic carbocycles. The van der Waals surface area contributed by atoms with Crippen molar-refractivity contribution in [3.8, 4) is 0 Å². The van der Waals surface area contributed by atoms with Gasteiger partial charge in [-0.05, 0) is 39.0 Å². The molecule has 134 valence electrons. The minimum Gasteiger partial charge on any atom is -0.444 e. The van der Waals surface area contributed by atoms with E-state index in [9.17, 15) is 22.4 Å². The quantitative estimate of drug-likeness (QED) is 0.722. The lowest BCUT2D eigenvalue weighted by Gasteiger charge is -2.36. The average Bonchev–Trinajstić information content (AvgIpc) is 2.44. The Bertz CT molecular complexity index is 603. The minimum absolute atomic E-state index is 0.104. The molecule has 0 bridgehead atoms. The number of hydrogen-bond acceptors (Lipinski definition) is 3. The van der Waals surface area contributed by atoms with Crippen LogP contribution in [0.25, 0.3) is 0 Å². The van der Waals surface area contributed by atoms with E-state index in [0.717, 1.165) is 12.1 Å². The first-order chi connectivity index (χ1) is 11.0. The first kappa shape index (κ1) is 18.4. The number of halogens is 4. The van der Waals surface area contributed by atoms with Gasteiger partial charge in [-0.15, -0.1) is 0 Å². The third-order valence-electron chi connectivity index (χ3n) is 3.55. The molecule has 0 saturated carbocycles. The number of rotatable bonds is 1. The maximum absolute atomic E-state index is 14.0. The molecule has 24 heavy (non-hydrogen) atoms. The standard InChI is InChI=1S/C16H20F4N2O2/c1-15(2,3)24-14(23)22-8-6-21(7-9-22)13-5-4-11(10-12(13)17)16(18,19)20/h4-5,10H,6-9H2,1-3H3. The zero-order valence-electron chi connectivity index (χ0n) is 13.8. The van der Waals surface area contributed by atoms with E-state index in [4.69, 9.17) is 4.74 Å². The first-order valence-corrected chi connectivity index (χ1v) is 7.57. The van der Waals surface area contributed by atoms with Crippen molar-refractivity contribution in [2.24, 2.45) is 0 Å². The molecule has 1 aliphatic rings. The Hall–Kier alpha value is -1.99. The molecule has 4 nitrogen and oxygen atoms in total. The third kappa shape index (κ3) is 4.52. The lowest BCUT2D eigenvalue weighted by Crippen LogP contribution is -2.50. The summed E-state index contributed by atoms with van der Waals surface area (Å²) in [5.41, 5.74) is -1.52. The number of carbonyl (C=O) groups excluding carboxylic acids is 1. The fourth-order valence-electron chi connectivity index (χ4n) is 2.40. The van der Waals surface area contributed by atoms with Gasteiger partial charge in [0.2, 0.25) is 0 Å². The van der Waals surface area contributed by atoms with E-state index in [1.165, 1.54) is 4.90 Å². The van der Waals surface area contributed by atoms with E-state index in [1.807, 2.05) is 0 Å². The molecule has 0 atom stereocenters. The van der Waals surface area contributed by atoms with Gasteiger partial charge in [-0.25, -0.2) is 9.18 Å². The second kappa shape index (κ2) is 6.49. The summed E-state index contributed by atoms with van der Waals surface area (Å²) in [5.74, 6) is -0.921. The highest BCUT2D eigenvalue weighted by Gasteiger charge is 2.32. The summed E-state index contributed by atoms with van der Waals surface area (Å²) in [6, 6.07) is 2.48. The number of hydrogen-bond donors (Lipinski definition) is 0. The molecule has 0 spiro atoms. The Morgan fingerprint density at radius 1 is 1.08 bits per heavy atom. The third-order valence-corrected chi connectivity index (χ3v) is 3.55. The fraction of sp³-hybridized carbons (Fsp3) is 0.562. The molecular formula is C16H20F4N2O2. The normalized spacial score (nSPS) is 16.3. The molecule has 0 aromatic heterocycles. The van der Waals surface area contributed by atoms with Crippen molar-refractivity contribution in [3.05, 3.63) is 29.6 Å². The van der Waals surface area contributed by atoms with Gasteiger partial charge in [0.1, 0.15) is 11.4 Å². The van der Waals surface area contributed by atoms with Crippen LogP contribution in [0, 0.1) is 5.82 Å². The van der Waals surface area contributed by atoms with Crippen LogP contribution in [-0.4, -0.2) is 42.8 Å². The number of anilines is 1. The van der Waals surface area contributed by atoms with Gasteiger partial charge in [-0.2, -0.15) is 13.2 Å². The molecule has 1 fully saturated rings. The number of alkyl halides is 3. The van der Waals surface area contributed by atoms with E-state index < -0.39 is 29.3 Å². The molecule has 8 heteroatoms. The Morgan fingerprint density at radius 2 is 1.67 bits per heavy atom. The number of piperazine rings is 1. The monoisotopic (exact) mass is 348 g/mol. The molecule has 1 saturated heterocycles. The van der Waals surface area contributed by atoms with E-state index in [1.54, 1.807) is 25.7 Å². The SMILES string of the molecule is CC(C)(C)OC(=O)N1CCN(c2ccc(C(F)(F)F)cc2F)CC1. The minimum atomic E-state index is -4.57. The van der Waals surface area contributed by atoms with Gasteiger partial charge in [-0.3, -0.25) is 0 Å². The summed E-state index contributed by atoms with van der Waals surface area (Å²) in [4.78, 5) is 15.1. The van der Waals surface area contributed by atoms with Crippen LogP contribution in [-0.2, 0) is 10.9 Å². The van der Waals surface area contributed by atoms with Crippen LogP contribution in [0.5, 0.6) is 0 Å². The van der Waals surface area contributed by atoms with Crippen molar-refractivity contribution in [3.63, 3.8) is 0 Å². The predicted octanol–water partition coefficient (Wildman–Crippen LogP) is 3.90. The highest BCUT2D eigenvalue weighted by molar-refractivity contribution is 5.68. The van der Waals surface area contributed by atoms with Crippen molar-refractivity contribution in [2.75, 3.05) is 31.1 Å². The van der Waals surface area contributed by atoms with Crippen LogP contribution in [0.1, 0.15) is 26.3 Å². The molecular weight excluding hydrogens is 328 g/mol. The van der Waals surface area contributed by atoms with Gasteiger partial charge in [0, 0.05) is 26.2 Å². The molecule has 0 radical (unpaired) electrons. The van der Waals surface area contributed by atoms with Crippen LogP contribution in [0.3, 0.4) is 0 Å². The molecule has 2 rings (SSSR count). The van der Waals surface area contributed by atoms with Gasteiger partial charge in [0.15, 0.2) is 0 Å². The van der Waals surface area contributed by atoms with Crippen molar-refractivity contribution < 1.29 is 27.1 Å². The van der Waals surface area contributed by atoms with Gasteiger partial charge in [0.05, 0.1) is 11.3 Å². The molecule has 1 aromatic rings. The number of carbonyl (C=O) groups is 1. The maximum Gasteiger partial charge on any atom is 0.416 e. The molecule has 0 aliphatic carbocycles. The summed E-state index contributed by atoms with van der Waals surface area (Å²) in [6.07, 6.45) is -5.02. The van der Waals surface area contributed by atoms with Crippen LogP contribution < -0.4 is 4.90 Å². The molecule has 1 aliphatic heterocycles. The summed E-state index contributed by atoms with van der Waals surface area (Å²) in [5, 5.41) is 0. The van der Waals surface area contributed by atoms with E-state index in [-0.39, 0.29) is 5.69 Å². The smallest absolute Gasteiger partial charge is 0.416 e. The van der Waals surface area contributed by atoms with E-state index in [2.05, 4.69) is 0 Å². The van der Waals surface area contributed by atoms with E-state index >= 15 is 0 Å². The van der Waals surface area contributed by atoms with Crippen molar-refractivity contribution in [1.29, 1.82) is 0 Å². The first-order valence-electron chi connectivity index (χ1n) is 7.57. The second-order valence-electron chi connectivity index (χ2n) is 6.62. The fourth-order valence-corrected chi connectivity index (χ4v) is 2.40. The number of ether oxygens (including phenoxy) is 1. The Balaban J connectivity index is 2.01. The Labute approximate surface area is 138 Å². The van der Waals surface area contributed by atoms with Crippen LogP contribution in [0.2, 0.25) is 0 Å². The van der Waals surface area contributed by atoms with Gasteiger partial charge in [-0.1, -0.05) is 0 Å². The number of benzene rings is 1. The summed E-state index contributed by atoms with van der Waals surface area (Å²) >= 11 is 0. The zero-order chi connectivity index (χ0) is 18.1. The Morgan fingerprint density at radius 3 is 2.12 bits per heavy atom. The number of amides is 1. The summed E-state index contributed by atoms with van der Waals surface area (Å²) in [7, 11) is 0. The van der Waals surface area contributed by atoms with Crippen LogP contribution in [0.4, 0.5) is 28.0 Å². The van der Waals surface area contributed by atoms with Crippen molar-refractivity contribution in [1.82, 2.24) is 4.90 Å². The lowest BCUT2D eigenvalue weighted by molar-refractivity contribution is -0.137. The molecule has 0 N–H and O–H groups in total. The topological polar surface area (TPSA) is 32.8 Å². The Kier molecular flexibility index (Phi) is 4.96. The predicted molar refractivity (Wildman–Crippen MR) is 81.4 cm³/mol. The highest BCUT2D eigenvalue weighted by atomic mass is 19.4. The average molecular weight is 348 g/mol. The zero-order valence-corrected chi connectivity index (χ0v) is 13.8. The van der Waals surface area contributed by atoms with Crippen LogP contribution in [0.15, 0.2) is 18.2 Å². The largest absolute Gasteiger partial charge is 0.444 e. The molecule has 1 heterocycles. The summed E-state index contributed by atoms with van der Waals surface area (Å²) < 4.78 is 57.0. The van der Waals surface area contributed by atoms with E-state index in [0.29, 0.717) is 32.2 Å². The lowest BCUT2D eigenvalue weighted by atomic mass is 10.1. The highest BCUT2D eigenvalue weighted by Crippen LogP contribution is 2.32. The van der Waals surface area contributed by atoms with Gasteiger partial charge < -0.3 is 14.5 Å². The van der Waals surface area contributed by atoms with Gasteiger partial charge >= 0.3 is 12.3 Å². The summed E-state index contributed by atoms with van der Waals surface area (Å²) in [6.45, 7) is 6.56.